The van der Waals surface area contributed by atoms with Gasteiger partial charge in [0.1, 0.15) is 0 Å². The molecule has 0 atom stereocenters. The standard InChI is InChI=1S/C17H26O6.2C3H8/c1-9(2)14(18)13(15(19)10(3)4)16(20)23-17(21-11(5)6)22-12(7)8;2*1-3-2/h9-10,13,17H,5,7H2,1-4,6,8H3;2*3H2,1-2H3. The van der Waals surface area contributed by atoms with Crippen molar-refractivity contribution in [3.05, 3.63) is 24.7 Å². The van der Waals surface area contributed by atoms with Crippen LogP contribution in [0.2, 0.25) is 0 Å². The van der Waals surface area contributed by atoms with Crippen molar-refractivity contribution in [1.82, 2.24) is 0 Å². The van der Waals surface area contributed by atoms with Gasteiger partial charge in [-0.25, -0.2) is 0 Å². The molecule has 170 valence electrons. The fourth-order valence-corrected chi connectivity index (χ4v) is 1.60. The number of rotatable bonds is 10. The van der Waals surface area contributed by atoms with Gasteiger partial charge in [-0.1, -0.05) is 81.4 Å². The molecule has 0 aromatic carbocycles. The Morgan fingerprint density at radius 3 is 1.17 bits per heavy atom. The van der Waals surface area contributed by atoms with E-state index in [1.165, 1.54) is 12.8 Å². The Balaban J connectivity index is -0.000000993. The number of carbonyl (C=O) groups is 3. The number of hydrogen-bond donors (Lipinski definition) is 0. The molecule has 0 rings (SSSR count). The number of ketones is 2. The van der Waals surface area contributed by atoms with Crippen LogP contribution in [0.5, 0.6) is 0 Å². The van der Waals surface area contributed by atoms with E-state index in [0.717, 1.165) is 0 Å². The Morgan fingerprint density at radius 1 is 0.690 bits per heavy atom. The molecule has 0 amide bonds. The number of carbonyl (C=O) groups excluding carboxylic acids is 3. The van der Waals surface area contributed by atoms with Crippen LogP contribution in [0.3, 0.4) is 0 Å². The average Bonchev–Trinajstić information content (AvgIpc) is 2.54. The molecule has 0 bridgehead atoms. The van der Waals surface area contributed by atoms with Gasteiger partial charge >= 0.3 is 12.4 Å². The lowest BCUT2D eigenvalue weighted by atomic mass is 9.87. The highest BCUT2D eigenvalue weighted by molar-refractivity contribution is 6.18. The smallest absolute Gasteiger partial charge is 0.408 e. The predicted octanol–water partition coefficient (Wildman–Crippen LogP) is 5.81. The second-order valence-electron chi connectivity index (χ2n) is 7.33. The molecular formula is C23H42O6. The van der Waals surface area contributed by atoms with Crippen molar-refractivity contribution in [3.63, 3.8) is 0 Å². The molecule has 0 aromatic rings. The van der Waals surface area contributed by atoms with E-state index in [1.54, 1.807) is 41.5 Å². The quantitative estimate of drug-likeness (QED) is 0.194. The van der Waals surface area contributed by atoms with Crippen LogP contribution in [-0.2, 0) is 28.6 Å². The molecule has 0 aliphatic rings. The molecule has 6 nitrogen and oxygen atoms in total. The zero-order valence-electron chi connectivity index (χ0n) is 20.1. The zero-order chi connectivity index (χ0) is 23.7. The Bertz CT molecular complexity index is 481. The summed E-state index contributed by atoms with van der Waals surface area (Å²) in [6.45, 7) is 23.6. The van der Waals surface area contributed by atoms with Crippen molar-refractivity contribution in [2.24, 2.45) is 17.8 Å². The predicted molar refractivity (Wildman–Crippen MR) is 117 cm³/mol. The number of hydrogen-bond acceptors (Lipinski definition) is 6. The Hall–Kier alpha value is -2.11. The second-order valence-corrected chi connectivity index (χ2v) is 7.33. The molecular weight excluding hydrogens is 372 g/mol. The summed E-state index contributed by atoms with van der Waals surface area (Å²) in [5.41, 5.74) is 0. The highest BCUT2D eigenvalue weighted by Crippen LogP contribution is 2.18. The summed E-state index contributed by atoms with van der Waals surface area (Å²) < 4.78 is 15.3. The Morgan fingerprint density at radius 2 is 0.966 bits per heavy atom. The van der Waals surface area contributed by atoms with Crippen LogP contribution >= 0.6 is 0 Å². The van der Waals surface area contributed by atoms with Gasteiger partial charge in [0.2, 0.25) is 0 Å². The third-order valence-corrected chi connectivity index (χ3v) is 2.75. The van der Waals surface area contributed by atoms with Crippen molar-refractivity contribution in [1.29, 1.82) is 0 Å². The molecule has 0 heterocycles. The van der Waals surface area contributed by atoms with Crippen molar-refractivity contribution in [2.45, 2.75) is 88.6 Å². The summed E-state index contributed by atoms with van der Waals surface area (Å²) in [7, 11) is 0. The summed E-state index contributed by atoms with van der Waals surface area (Å²) >= 11 is 0. The zero-order valence-corrected chi connectivity index (χ0v) is 20.1. The van der Waals surface area contributed by atoms with E-state index in [2.05, 4.69) is 40.9 Å². The topological polar surface area (TPSA) is 78.9 Å². The molecule has 0 aliphatic carbocycles. The summed E-state index contributed by atoms with van der Waals surface area (Å²) in [5.74, 6) is -4.00. The molecule has 0 saturated heterocycles. The van der Waals surface area contributed by atoms with E-state index in [1.807, 2.05) is 0 Å². The largest absolute Gasteiger partial charge is 0.428 e. The first-order chi connectivity index (χ1) is 13.3. The minimum atomic E-state index is -1.50. The third-order valence-electron chi connectivity index (χ3n) is 2.75. The second kappa shape index (κ2) is 18.0. The van der Waals surface area contributed by atoms with Gasteiger partial charge < -0.3 is 14.2 Å². The maximum Gasteiger partial charge on any atom is 0.408 e. The minimum Gasteiger partial charge on any atom is -0.428 e. The van der Waals surface area contributed by atoms with E-state index in [4.69, 9.17) is 14.2 Å². The molecule has 0 unspecified atom stereocenters. The average molecular weight is 415 g/mol. The van der Waals surface area contributed by atoms with Crippen molar-refractivity contribution in [3.8, 4) is 0 Å². The summed E-state index contributed by atoms with van der Waals surface area (Å²) in [6, 6.07) is 0. The van der Waals surface area contributed by atoms with Crippen LogP contribution in [0, 0.1) is 17.8 Å². The first kappa shape index (κ1) is 31.6. The lowest BCUT2D eigenvalue weighted by molar-refractivity contribution is -0.247. The Labute approximate surface area is 177 Å². The Kier molecular flexibility index (Phi) is 19.6. The molecule has 0 aliphatic heterocycles. The van der Waals surface area contributed by atoms with Gasteiger partial charge in [0.25, 0.3) is 0 Å². The number of allylic oxidation sites excluding steroid dienone is 2. The van der Waals surface area contributed by atoms with E-state index in [9.17, 15) is 14.4 Å². The maximum absolute atomic E-state index is 12.3. The fourth-order valence-electron chi connectivity index (χ4n) is 1.60. The normalized spacial score (nSPS) is 9.86. The third kappa shape index (κ3) is 16.5. The molecule has 0 aromatic heterocycles. The fraction of sp³-hybridized carbons (Fsp3) is 0.696. The van der Waals surface area contributed by atoms with Crippen molar-refractivity contribution in [2.75, 3.05) is 0 Å². The summed E-state index contributed by atoms with van der Waals surface area (Å²) in [4.78, 5) is 36.8. The van der Waals surface area contributed by atoms with Gasteiger partial charge in [0, 0.05) is 11.8 Å². The van der Waals surface area contributed by atoms with Gasteiger partial charge in [0.05, 0.1) is 11.5 Å². The van der Waals surface area contributed by atoms with Crippen LogP contribution in [0.1, 0.15) is 82.1 Å². The van der Waals surface area contributed by atoms with Crippen LogP contribution in [-0.4, -0.2) is 24.0 Å². The number of esters is 1. The van der Waals surface area contributed by atoms with Crippen LogP contribution < -0.4 is 0 Å². The van der Waals surface area contributed by atoms with E-state index in [-0.39, 0.29) is 11.5 Å². The molecule has 0 spiro atoms. The minimum absolute atomic E-state index is 0.242. The van der Waals surface area contributed by atoms with Gasteiger partial charge in [-0.15, -0.1) is 0 Å². The van der Waals surface area contributed by atoms with Crippen molar-refractivity contribution >= 4 is 17.5 Å². The molecule has 0 radical (unpaired) electrons. The molecule has 29 heavy (non-hydrogen) atoms. The first-order valence-electron chi connectivity index (χ1n) is 10.2. The highest BCUT2D eigenvalue weighted by atomic mass is 16.9. The number of Topliss-reactive ketones (excluding diaryl/α,β-unsaturated/α-hetero) is 2. The molecule has 0 saturated carbocycles. The first-order valence-corrected chi connectivity index (χ1v) is 10.2. The molecule has 0 N–H and O–H groups in total. The van der Waals surface area contributed by atoms with Crippen LogP contribution in [0.15, 0.2) is 24.7 Å². The highest BCUT2D eigenvalue weighted by Gasteiger charge is 2.39. The SMILES string of the molecule is C=C(C)OC(OC(=C)C)OC(=O)C(C(=O)C(C)C)C(=O)C(C)C.CCC.CCC. The van der Waals surface area contributed by atoms with Crippen LogP contribution in [0.25, 0.3) is 0 Å². The van der Waals surface area contributed by atoms with E-state index >= 15 is 0 Å². The molecule has 0 fully saturated rings. The summed E-state index contributed by atoms with van der Waals surface area (Å²) in [6.07, 6.45) is 2.50. The lowest BCUT2D eigenvalue weighted by Gasteiger charge is -2.23. The lowest BCUT2D eigenvalue weighted by Crippen LogP contribution is -2.40. The van der Waals surface area contributed by atoms with Crippen molar-refractivity contribution < 1.29 is 28.6 Å². The van der Waals surface area contributed by atoms with Crippen LogP contribution in [0.4, 0.5) is 0 Å². The summed E-state index contributed by atoms with van der Waals surface area (Å²) in [5, 5.41) is 0. The van der Waals surface area contributed by atoms with E-state index in [0.29, 0.717) is 0 Å². The van der Waals surface area contributed by atoms with Gasteiger partial charge in [-0.2, -0.15) is 0 Å². The number of ether oxygens (including phenoxy) is 3. The van der Waals surface area contributed by atoms with Gasteiger partial charge in [0.15, 0.2) is 17.5 Å². The van der Waals surface area contributed by atoms with Gasteiger partial charge in [-0.3, -0.25) is 14.4 Å². The molecule has 6 heteroatoms. The van der Waals surface area contributed by atoms with Gasteiger partial charge in [-0.05, 0) is 13.8 Å². The monoisotopic (exact) mass is 414 g/mol. The maximum atomic E-state index is 12.3. The van der Waals surface area contributed by atoms with E-state index < -0.39 is 41.8 Å².